The van der Waals surface area contributed by atoms with Crippen LogP contribution in [0.1, 0.15) is 58.8 Å². The van der Waals surface area contributed by atoms with Crippen molar-refractivity contribution in [1.29, 1.82) is 0 Å². The standard InChI is InChI=1S/C24H34N4O2/c1-23-10-8-18-16(5-7-19-24(18,2)11-9-21(30)28(19)3)17(23)6-4-15(23)14-20(29)27-22-25-12-13-26-22/h9,11-13,15-19H,4-8,10,14H2,1-3H3,(H2,25,26,27,29)/t15-,16+,17+,18+,19-,23-,24-/m1/s1. The molecular formula is C24H34N4O2. The number of nitrogens with one attached hydrogen (secondary N) is 2. The first kappa shape index (κ1) is 19.8. The molecular weight excluding hydrogens is 376 g/mol. The van der Waals surface area contributed by atoms with E-state index in [9.17, 15) is 9.59 Å². The lowest BCUT2D eigenvalue weighted by atomic mass is 9.47. The van der Waals surface area contributed by atoms with Crippen molar-refractivity contribution < 1.29 is 9.59 Å². The van der Waals surface area contributed by atoms with Gasteiger partial charge >= 0.3 is 0 Å². The molecule has 6 nitrogen and oxygen atoms in total. The highest BCUT2D eigenvalue weighted by molar-refractivity contribution is 5.89. The van der Waals surface area contributed by atoms with Gasteiger partial charge in [-0.15, -0.1) is 0 Å². The van der Waals surface area contributed by atoms with Crippen molar-refractivity contribution in [1.82, 2.24) is 14.9 Å². The van der Waals surface area contributed by atoms with Crippen molar-refractivity contribution in [3.63, 3.8) is 0 Å². The van der Waals surface area contributed by atoms with Crippen LogP contribution in [0.4, 0.5) is 5.95 Å². The van der Waals surface area contributed by atoms with E-state index in [0.717, 1.165) is 12.8 Å². The number of fused-ring (bicyclic) bond motifs is 5. The second-order valence-corrected chi connectivity index (χ2v) is 10.6. The summed E-state index contributed by atoms with van der Waals surface area (Å²) < 4.78 is 0. The molecule has 2 N–H and O–H groups in total. The van der Waals surface area contributed by atoms with Crippen LogP contribution in [0, 0.1) is 34.5 Å². The minimum absolute atomic E-state index is 0.0740. The summed E-state index contributed by atoms with van der Waals surface area (Å²) in [4.78, 5) is 34.0. The zero-order chi connectivity index (χ0) is 21.1. The molecule has 6 heteroatoms. The SMILES string of the molecule is CN1C(=O)C=C[C@]2(C)[C@H]3CC[C@]4(C)[C@@H](CC(=O)Nc5ncc[nH]5)CC[C@H]4[C@@H]3CC[C@@H]12. The molecule has 1 aromatic heterocycles. The van der Waals surface area contributed by atoms with E-state index in [4.69, 9.17) is 0 Å². The van der Waals surface area contributed by atoms with Crippen LogP contribution in [-0.2, 0) is 9.59 Å². The molecule has 1 aromatic rings. The van der Waals surface area contributed by atoms with E-state index in [0.29, 0.717) is 42.1 Å². The number of carbonyl (C=O) groups excluding carboxylic acids is 2. The summed E-state index contributed by atoms with van der Waals surface area (Å²) in [5, 5.41) is 2.92. The maximum atomic E-state index is 12.7. The topological polar surface area (TPSA) is 78.1 Å². The Morgan fingerprint density at radius 1 is 1.23 bits per heavy atom. The number of hydrogen-bond donors (Lipinski definition) is 2. The molecule has 0 spiro atoms. The first-order valence-electron chi connectivity index (χ1n) is 11.6. The van der Waals surface area contributed by atoms with Gasteiger partial charge in [0.25, 0.3) is 0 Å². The van der Waals surface area contributed by atoms with Gasteiger partial charge in [-0.05, 0) is 73.7 Å². The number of aromatic amines is 1. The molecule has 5 rings (SSSR count). The Hall–Kier alpha value is -2.11. The van der Waals surface area contributed by atoms with Crippen molar-refractivity contribution in [2.75, 3.05) is 12.4 Å². The fourth-order valence-corrected chi connectivity index (χ4v) is 7.92. The van der Waals surface area contributed by atoms with E-state index >= 15 is 0 Å². The molecule has 3 saturated carbocycles. The molecule has 7 atom stereocenters. The Morgan fingerprint density at radius 2 is 2.07 bits per heavy atom. The predicted molar refractivity (Wildman–Crippen MR) is 115 cm³/mol. The summed E-state index contributed by atoms with van der Waals surface area (Å²) in [6, 6.07) is 0.330. The Kier molecular flexibility index (Phi) is 4.60. The van der Waals surface area contributed by atoms with Crippen LogP contribution in [0.3, 0.4) is 0 Å². The van der Waals surface area contributed by atoms with E-state index in [1.165, 1.54) is 25.7 Å². The minimum Gasteiger partial charge on any atom is -0.338 e. The molecule has 4 aliphatic rings. The Bertz CT molecular complexity index is 865. The molecule has 162 valence electrons. The van der Waals surface area contributed by atoms with Crippen LogP contribution >= 0.6 is 0 Å². The highest BCUT2D eigenvalue weighted by Crippen LogP contribution is 2.65. The lowest BCUT2D eigenvalue weighted by molar-refractivity contribution is -0.139. The van der Waals surface area contributed by atoms with Crippen LogP contribution in [0.15, 0.2) is 24.5 Å². The predicted octanol–water partition coefficient (Wildman–Crippen LogP) is 3.99. The summed E-state index contributed by atoms with van der Waals surface area (Å²) in [7, 11) is 1.98. The van der Waals surface area contributed by atoms with Crippen LogP contribution in [0.2, 0.25) is 0 Å². The van der Waals surface area contributed by atoms with Crippen LogP contribution in [0.25, 0.3) is 0 Å². The number of nitrogens with zero attached hydrogens (tertiary/aromatic N) is 2. The fourth-order valence-electron chi connectivity index (χ4n) is 7.92. The maximum absolute atomic E-state index is 12.7. The first-order chi connectivity index (χ1) is 14.3. The zero-order valence-electron chi connectivity index (χ0n) is 18.4. The van der Waals surface area contributed by atoms with E-state index in [2.05, 4.69) is 35.2 Å². The zero-order valence-corrected chi connectivity index (χ0v) is 18.4. The molecule has 30 heavy (non-hydrogen) atoms. The highest BCUT2D eigenvalue weighted by Gasteiger charge is 2.60. The lowest BCUT2D eigenvalue weighted by Gasteiger charge is -2.60. The maximum Gasteiger partial charge on any atom is 0.246 e. The van der Waals surface area contributed by atoms with Crippen molar-refractivity contribution >= 4 is 17.8 Å². The van der Waals surface area contributed by atoms with E-state index in [-0.39, 0.29) is 22.6 Å². The Labute approximate surface area is 178 Å². The second-order valence-electron chi connectivity index (χ2n) is 10.6. The van der Waals surface area contributed by atoms with Crippen LogP contribution < -0.4 is 5.32 Å². The average molecular weight is 411 g/mol. The molecule has 3 aliphatic carbocycles. The van der Waals surface area contributed by atoms with Gasteiger partial charge in [-0.25, -0.2) is 4.98 Å². The fraction of sp³-hybridized carbons (Fsp3) is 0.708. The van der Waals surface area contributed by atoms with E-state index < -0.39 is 0 Å². The highest BCUT2D eigenvalue weighted by atomic mass is 16.2. The second kappa shape index (κ2) is 6.96. The Balaban J connectivity index is 1.33. The number of H-pyrrole nitrogens is 1. The van der Waals surface area contributed by atoms with Crippen molar-refractivity contribution in [3.05, 3.63) is 24.5 Å². The van der Waals surface area contributed by atoms with Gasteiger partial charge in [0.05, 0.1) is 0 Å². The summed E-state index contributed by atoms with van der Waals surface area (Å²) in [5.74, 6) is 3.23. The minimum atomic E-state index is 0.0740. The monoisotopic (exact) mass is 410 g/mol. The van der Waals surface area contributed by atoms with Gasteiger partial charge in [-0.2, -0.15) is 0 Å². The lowest BCUT2D eigenvalue weighted by Crippen LogP contribution is -2.59. The molecule has 0 unspecified atom stereocenters. The normalized spacial score (nSPS) is 42.4. The van der Waals surface area contributed by atoms with Gasteiger partial charge in [0.15, 0.2) is 0 Å². The number of imidazole rings is 1. The number of hydrogen-bond acceptors (Lipinski definition) is 3. The quantitative estimate of drug-likeness (QED) is 0.791. The summed E-state index contributed by atoms with van der Waals surface area (Å²) >= 11 is 0. The molecule has 2 heterocycles. The summed E-state index contributed by atoms with van der Waals surface area (Å²) in [6.45, 7) is 4.84. The molecule has 3 fully saturated rings. The van der Waals surface area contributed by atoms with Crippen molar-refractivity contribution in [3.8, 4) is 0 Å². The smallest absolute Gasteiger partial charge is 0.246 e. The van der Waals surface area contributed by atoms with Gasteiger partial charge in [-0.1, -0.05) is 19.9 Å². The number of rotatable bonds is 3. The van der Waals surface area contributed by atoms with Gasteiger partial charge < -0.3 is 9.88 Å². The van der Waals surface area contributed by atoms with Crippen molar-refractivity contribution in [2.24, 2.45) is 34.5 Å². The number of likely N-dealkylation sites (N-methyl/N-ethyl adjacent to an activating group) is 1. The van der Waals surface area contributed by atoms with Crippen LogP contribution in [-0.4, -0.2) is 39.8 Å². The third-order valence-corrected chi connectivity index (χ3v) is 9.51. The molecule has 0 saturated heterocycles. The number of amides is 2. The van der Waals surface area contributed by atoms with E-state index in [1.54, 1.807) is 12.4 Å². The van der Waals surface area contributed by atoms with Crippen LogP contribution in [0.5, 0.6) is 0 Å². The molecule has 0 radical (unpaired) electrons. The third kappa shape index (κ3) is 2.86. The third-order valence-electron chi connectivity index (χ3n) is 9.51. The average Bonchev–Trinajstić information content (AvgIpc) is 3.33. The number of aromatic nitrogens is 2. The molecule has 2 amide bonds. The molecule has 1 aliphatic heterocycles. The summed E-state index contributed by atoms with van der Waals surface area (Å²) in [6.07, 6.45) is 15.1. The number of carbonyl (C=O) groups is 2. The molecule has 0 aromatic carbocycles. The largest absolute Gasteiger partial charge is 0.338 e. The summed E-state index contributed by atoms with van der Waals surface area (Å²) in [5.41, 5.74) is 0.326. The van der Waals surface area contributed by atoms with Gasteiger partial charge in [0.1, 0.15) is 0 Å². The number of anilines is 1. The van der Waals surface area contributed by atoms with E-state index in [1.807, 2.05) is 18.0 Å². The molecule has 0 bridgehead atoms. The van der Waals surface area contributed by atoms with Gasteiger partial charge in [-0.3, -0.25) is 14.9 Å². The Morgan fingerprint density at radius 3 is 2.83 bits per heavy atom. The van der Waals surface area contributed by atoms with Gasteiger partial charge in [0, 0.05) is 37.3 Å². The van der Waals surface area contributed by atoms with Crippen molar-refractivity contribution in [2.45, 2.75) is 64.8 Å². The van der Waals surface area contributed by atoms with Gasteiger partial charge in [0.2, 0.25) is 17.8 Å². The first-order valence-corrected chi connectivity index (χ1v) is 11.6.